The van der Waals surface area contributed by atoms with Crippen LogP contribution in [-0.2, 0) is 35.0 Å². The predicted molar refractivity (Wildman–Crippen MR) is 182 cm³/mol. The number of anilines is 1. The molecule has 16 heteroatoms. The number of rotatable bonds is 6. The first kappa shape index (κ1) is 47.6. The maximum absolute atomic E-state index is 13.1. The molecule has 2 N–H and O–H groups in total. The molecule has 49 heavy (non-hydrogen) atoms. The second kappa shape index (κ2) is 21.6. The Hall–Kier alpha value is -3.47. The summed E-state index contributed by atoms with van der Waals surface area (Å²) in [7, 11) is 3.98. The molecule has 10 nitrogen and oxygen atoms in total. The van der Waals surface area contributed by atoms with Crippen molar-refractivity contribution in [1.82, 2.24) is 19.6 Å². The van der Waals surface area contributed by atoms with Gasteiger partial charge in [0.1, 0.15) is 0 Å². The smallest absolute Gasteiger partial charge is 0.416 e. The van der Waals surface area contributed by atoms with Gasteiger partial charge in [-0.25, -0.2) is 0 Å². The molecule has 0 unspecified atom stereocenters. The first-order chi connectivity index (χ1) is 21.4. The van der Waals surface area contributed by atoms with Crippen LogP contribution in [0.2, 0.25) is 0 Å². The zero-order chi connectivity index (χ0) is 34.7. The number of nitro groups is 1. The average molecular weight is 713 g/mol. The third-order valence-corrected chi connectivity index (χ3v) is 7.38. The number of hydrogen-bond acceptors (Lipinski definition) is 9. The highest BCUT2D eigenvalue weighted by Crippen LogP contribution is 2.35. The number of non-ortho nitro benzene ring substituents is 1. The second-order valence-corrected chi connectivity index (χ2v) is 11.1. The summed E-state index contributed by atoms with van der Waals surface area (Å²) in [6.45, 7) is 10.4. The monoisotopic (exact) mass is 712 g/mol. The van der Waals surface area contributed by atoms with Crippen molar-refractivity contribution in [2.24, 2.45) is 0 Å². The number of esters is 1. The number of carbonyl (C=O) groups excluding carboxylic acids is 1. The van der Waals surface area contributed by atoms with Crippen LogP contribution in [0.3, 0.4) is 0 Å². The summed E-state index contributed by atoms with van der Waals surface area (Å²) in [5.41, 5.74) is 3.90. The molecule has 0 saturated carbocycles. The quantitative estimate of drug-likeness (QED) is 0.113. The molecule has 2 aliphatic heterocycles. The van der Waals surface area contributed by atoms with E-state index in [-0.39, 0.29) is 46.0 Å². The van der Waals surface area contributed by atoms with Crippen molar-refractivity contribution in [3.05, 3.63) is 68.8 Å². The first-order valence-corrected chi connectivity index (χ1v) is 14.7. The van der Waals surface area contributed by atoms with Gasteiger partial charge in [-0.2, -0.15) is 26.3 Å². The maximum atomic E-state index is 13.1. The Balaban J connectivity index is 0. The van der Waals surface area contributed by atoms with Gasteiger partial charge < -0.3 is 20.3 Å². The third-order valence-electron chi connectivity index (χ3n) is 7.38. The van der Waals surface area contributed by atoms with Gasteiger partial charge in [0.15, 0.2) is 0 Å². The van der Waals surface area contributed by atoms with Gasteiger partial charge in [-0.05, 0) is 44.3 Å². The minimum atomic E-state index is -4.59. The fourth-order valence-corrected chi connectivity index (χ4v) is 4.77. The summed E-state index contributed by atoms with van der Waals surface area (Å²) in [6.07, 6.45) is -8.94. The number of benzene rings is 2. The van der Waals surface area contributed by atoms with E-state index in [9.17, 15) is 41.3 Å². The fourth-order valence-electron chi connectivity index (χ4n) is 4.77. The molecule has 0 aromatic heterocycles. The number of nitrogens with zero attached hydrogens (tertiary/aromatic N) is 5. The molecule has 2 fully saturated rings. The Kier molecular flexibility index (Phi) is 21.0. The number of carbonyl (C=O) groups is 1. The summed E-state index contributed by atoms with van der Waals surface area (Å²) in [5, 5.41) is 10.6. The van der Waals surface area contributed by atoms with Crippen LogP contribution in [0.4, 0.5) is 37.7 Å². The summed E-state index contributed by atoms with van der Waals surface area (Å²) in [5.74, 6) is -0.211. The molecule has 0 spiro atoms. The summed E-state index contributed by atoms with van der Waals surface area (Å²) < 4.78 is 82.5. The molecule has 0 radical (unpaired) electrons. The summed E-state index contributed by atoms with van der Waals surface area (Å²) in [6, 6.07) is 6.98. The highest BCUT2D eigenvalue weighted by atomic mass is 19.4. The van der Waals surface area contributed by atoms with Crippen molar-refractivity contribution >= 4 is 17.3 Å². The van der Waals surface area contributed by atoms with E-state index in [1.165, 1.54) is 25.1 Å². The number of nitrogen functional groups attached to an aromatic ring is 1. The second-order valence-electron chi connectivity index (χ2n) is 11.1. The molecule has 2 aromatic carbocycles. The van der Waals surface area contributed by atoms with E-state index < -0.39 is 34.1 Å². The molecule has 0 atom stereocenters. The first-order valence-electron chi connectivity index (χ1n) is 14.7. The summed E-state index contributed by atoms with van der Waals surface area (Å²) in [4.78, 5) is 27.9. The number of nitro benzene ring substituents is 1. The van der Waals surface area contributed by atoms with Gasteiger partial charge in [-0.3, -0.25) is 24.7 Å². The molecule has 2 saturated heterocycles. The minimum Gasteiger partial charge on any atom is -0.466 e. The van der Waals surface area contributed by atoms with Crippen LogP contribution in [0.15, 0.2) is 36.4 Å². The lowest BCUT2D eigenvalue weighted by Crippen LogP contribution is -2.44. The summed E-state index contributed by atoms with van der Waals surface area (Å²) >= 11 is 0. The van der Waals surface area contributed by atoms with Gasteiger partial charge in [0, 0.05) is 90.2 Å². The molecular formula is C33H54F6N6O4. The largest absolute Gasteiger partial charge is 0.466 e. The van der Waals surface area contributed by atoms with Crippen LogP contribution in [0.5, 0.6) is 0 Å². The number of ether oxygens (including phenoxy) is 1. The van der Waals surface area contributed by atoms with Crippen molar-refractivity contribution in [1.29, 1.82) is 0 Å². The van der Waals surface area contributed by atoms with Crippen LogP contribution in [-0.4, -0.2) is 104 Å². The van der Waals surface area contributed by atoms with Crippen molar-refractivity contribution in [3.8, 4) is 0 Å². The van der Waals surface area contributed by atoms with Crippen LogP contribution in [0.1, 0.15) is 58.4 Å². The van der Waals surface area contributed by atoms with E-state index in [2.05, 4.69) is 14.5 Å². The van der Waals surface area contributed by atoms with E-state index >= 15 is 0 Å². The third kappa shape index (κ3) is 16.7. The minimum absolute atomic E-state index is 0. The Morgan fingerprint density at radius 2 is 1.16 bits per heavy atom. The van der Waals surface area contributed by atoms with Gasteiger partial charge in [0.25, 0.3) is 5.69 Å². The highest BCUT2D eigenvalue weighted by molar-refractivity contribution is 5.65. The van der Waals surface area contributed by atoms with E-state index in [0.29, 0.717) is 37.9 Å². The van der Waals surface area contributed by atoms with Gasteiger partial charge in [0.2, 0.25) is 0 Å². The zero-order valence-corrected chi connectivity index (χ0v) is 26.5. The molecule has 0 bridgehead atoms. The van der Waals surface area contributed by atoms with Crippen molar-refractivity contribution in [2.75, 3.05) is 78.8 Å². The van der Waals surface area contributed by atoms with E-state index in [0.717, 1.165) is 51.4 Å². The zero-order valence-electron chi connectivity index (χ0n) is 26.5. The van der Waals surface area contributed by atoms with Crippen LogP contribution >= 0.6 is 0 Å². The lowest BCUT2D eigenvalue weighted by atomic mass is 10.0. The average Bonchev–Trinajstić information content (AvgIpc) is 2.96. The Labute approximate surface area is 286 Å². The number of alkyl halides is 6. The van der Waals surface area contributed by atoms with Crippen LogP contribution < -0.4 is 5.73 Å². The van der Waals surface area contributed by atoms with Gasteiger partial charge in [-0.1, -0.05) is 34.4 Å². The lowest BCUT2D eigenvalue weighted by molar-refractivity contribution is -0.385. The number of halogens is 6. The number of piperazine rings is 2. The van der Waals surface area contributed by atoms with Crippen LogP contribution in [0.25, 0.3) is 0 Å². The molecule has 2 heterocycles. The Bertz CT molecular complexity index is 1280. The van der Waals surface area contributed by atoms with Gasteiger partial charge >= 0.3 is 18.3 Å². The molecule has 4 rings (SSSR count). The van der Waals surface area contributed by atoms with E-state index in [4.69, 9.17) is 5.73 Å². The lowest BCUT2D eigenvalue weighted by Gasteiger charge is -2.32. The molecule has 0 aliphatic carbocycles. The van der Waals surface area contributed by atoms with Crippen molar-refractivity contribution in [3.63, 3.8) is 0 Å². The van der Waals surface area contributed by atoms with Crippen LogP contribution in [0, 0.1) is 10.1 Å². The molecule has 2 aromatic rings. The molecule has 2 aliphatic rings. The van der Waals surface area contributed by atoms with Crippen molar-refractivity contribution in [2.45, 2.75) is 61.6 Å². The highest BCUT2D eigenvalue weighted by Gasteiger charge is 2.36. The molecule has 0 amide bonds. The fraction of sp³-hybridized carbons (Fsp3) is 0.606. The topological polar surface area (TPSA) is 108 Å². The Morgan fingerprint density at radius 3 is 1.49 bits per heavy atom. The predicted octanol–water partition coefficient (Wildman–Crippen LogP) is 6.87. The Morgan fingerprint density at radius 1 is 0.776 bits per heavy atom. The number of nitrogens with two attached hydrogens (primary N) is 1. The SMILES string of the molecule is C.C.C.CCOC(C)=O.CN1CCN(Cc2ccc(N)cc2C(F)(F)F)CC1.CN1CCN(Cc2ccc([N+](=O)[O-])cc2C(F)(F)F)CC1. The van der Waals surface area contributed by atoms with Crippen molar-refractivity contribution < 1.29 is 40.8 Å². The van der Waals surface area contributed by atoms with Gasteiger partial charge in [-0.15, -0.1) is 0 Å². The normalized spacial score (nSPS) is 15.9. The number of likely N-dealkylation sites (N-methyl/N-ethyl adjacent to an activating group) is 2. The van der Waals surface area contributed by atoms with E-state index in [1.807, 2.05) is 23.9 Å². The number of hydrogen-bond donors (Lipinski definition) is 1. The molecule has 282 valence electrons. The standard InChI is InChI=1S/C13H16F3N3O2.C13H18F3N3.C4H8O2.3CH4/c1-17-4-6-18(7-5-17)9-10-2-3-11(19(20)21)8-12(10)13(14,15)16;1-18-4-6-19(7-5-18)9-10-2-3-11(17)8-12(10)13(14,15)16;1-3-6-4(2)5;;;/h2-3,8H,4-7,9H2,1H3;2-3,8H,4-7,9,17H2,1H3;3H2,1-2H3;3*1H4. The van der Waals surface area contributed by atoms with E-state index in [1.54, 1.807) is 6.92 Å². The van der Waals surface area contributed by atoms with Gasteiger partial charge in [0.05, 0.1) is 22.7 Å². The maximum Gasteiger partial charge on any atom is 0.416 e. The molecular weight excluding hydrogens is 658 g/mol.